The van der Waals surface area contributed by atoms with E-state index in [2.05, 4.69) is 15.6 Å². The van der Waals surface area contributed by atoms with Crippen LogP contribution in [0.5, 0.6) is 5.75 Å². The zero-order valence-corrected chi connectivity index (χ0v) is 20.8. The number of oxime groups is 1. The van der Waals surface area contributed by atoms with Crippen molar-refractivity contribution in [2.24, 2.45) is 10.6 Å². The molecule has 0 aliphatic carbocycles. The summed E-state index contributed by atoms with van der Waals surface area (Å²) in [5.41, 5.74) is 1.96. The van der Waals surface area contributed by atoms with Gasteiger partial charge in [-0.15, -0.1) is 0 Å². The Morgan fingerprint density at radius 1 is 1.21 bits per heavy atom. The Hall–Kier alpha value is -3.16. The number of carbonyl (C=O) groups excluding carboxylic acids is 1. The number of methoxy groups -OCH3 is 1. The standard InChI is InChI=1S/C25H36N4O4/c1-17(2)33-28-18(3)21-16-20(13-12-19-10-8-9-11-22(19)32-7)27-29(23(21)30)15-14-26-24(31)25(4,5)6/h8-11,16-17H,12-15H2,1-7H3,(H,26,31)/b28-18+. The summed E-state index contributed by atoms with van der Waals surface area (Å²) in [6.45, 7) is 11.6. The van der Waals surface area contributed by atoms with Crippen LogP contribution in [0.2, 0.25) is 0 Å². The molecule has 1 heterocycles. The molecule has 2 aromatic rings. The Morgan fingerprint density at radius 2 is 1.91 bits per heavy atom. The van der Waals surface area contributed by atoms with Crippen LogP contribution in [0.4, 0.5) is 0 Å². The van der Waals surface area contributed by atoms with E-state index >= 15 is 0 Å². The molecular weight excluding hydrogens is 420 g/mol. The molecule has 0 unspecified atom stereocenters. The second kappa shape index (κ2) is 11.6. The molecule has 0 saturated carbocycles. The number of para-hydroxylation sites is 1. The van der Waals surface area contributed by atoms with E-state index in [1.54, 1.807) is 20.1 Å². The number of nitrogens with zero attached hydrogens (tertiary/aromatic N) is 3. The summed E-state index contributed by atoms with van der Waals surface area (Å²) in [7, 11) is 1.65. The zero-order chi connectivity index (χ0) is 24.6. The van der Waals surface area contributed by atoms with Crippen LogP contribution in [-0.4, -0.2) is 41.2 Å². The molecule has 33 heavy (non-hydrogen) atoms. The van der Waals surface area contributed by atoms with Gasteiger partial charge >= 0.3 is 0 Å². The number of amides is 1. The SMILES string of the molecule is COc1ccccc1CCc1cc(/C(C)=N/OC(C)C)c(=O)n(CCNC(=O)C(C)(C)C)n1. The molecule has 0 spiro atoms. The van der Waals surface area contributed by atoms with Crippen molar-refractivity contribution in [1.29, 1.82) is 0 Å². The Morgan fingerprint density at radius 3 is 2.55 bits per heavy atom. The van der Waals surface area contributed by atoms with Crippen molar-refractivity contribution in [3.05, 3.63) is 57.5 Å². The number of aryl methyl sites for hydroxylation is 2. The van der Waals surface area contributed by atoms with Gasteiger partial charge in [0.25, 0.3) is 5.56 Å². The number of rotatable bonds is 10. The minimum absolute atomic E-state index is 0.0776. The number of aromatic nitrogens is 2. The Kier molecular flexibility index (Phi) is 9.20. The number of hydrogen-bond donors (Lipinski definition) is 1. The van der Waals surface area contributed by atoms with Crippen LogP contribution in [0.3, 0.4) is 0 Å². The molecule has 1 aromatic heterocycles. The molecule has 1 amide bonds. The van der Waals surface area contributed by atoms with Gasteiger partial charge in [-0.25, -0.2) is 4.68 Å². The van der Waals surface area contributed by atoms with Crippen LogP contribution in [-0.2, 0) is 29.0 Å². The first-order valence-corrected chi connectivity index (χ1v) is 11.2. The summed E-state index contributed by atoms with van der Waals surface area (Å²) in [5.74, 6) is 0.741. The Labute approximate surface area is 196 Å². The van der Waals surface area contributed by atoms with E-state index in [9.17, 15) is 9.59 Å². The largest absolute Gasteiger partial charge is 0.496 e. The molecule has 8 heteroatoms. The maximum atomic E-state index is 13.1. The van der Waals surface area contributed by atoms with Gasteiger partial charge in [-0.3, -0.25) is 9.59 Å². The van der Waals surface area contributed by atoms with Crippen molar-refractivity contribution in [2.75, 3.05) is 13.7 Å². The normalized spacial score (nSPS) is 12.1. The predicted molar refractivity (Wildman–Crippen MR) is 130 cm³/mol. The third-order valence-corrected chi connectivity index (χ3v) is 4.95. The third-order valence-electron chi connectivity index (χ3n) is 4.95. The average Bonchev–Trinajstić information content (AvgIpc) is 2.76. The number of nitrogens with one attached hydrogen (secondary N) is 1. The fourth-order valence-corrected chi connectivity index (χ4v) is 3.08. The molecule has 2 rings (SSSR count). The fourth-order valence-electron chi connectivity index (χ4n) is 3.08. The van der Waals surface area contributed by atoms with Crippen molar-refractivity contribution in [1.82, 2.24) is 15.1 Å². The monoisotopic (exact) mass is 456 g/mol. The van der Waals surface area contributed by atoms with E-state index in [0.29, 0.717) is 30.7 Å². The van der Waals surface area contributed by atoms with Gasteiger partial charge in [0.1, 0.15) is 11.9 Å². The van der Waals surface area contributed by atoms with E-state index in [-0.39, 0.29) is 24.1 Å². The van der Waals surface area contributed by atoms with E-state index in [4.69, 9.17) is 9.57 Å². The van der Waals surface area contributed by atoms with Gasteiger partial charge in [0.2, 0.25) is 5.91 Å². The van der Waals surface area contributed by atoms with Crippen molar-refractivity contribution >= 4 is 11.6 Å². The van der Waals surface area contributed by atoms with Crippen LogP contribution in [0.25, 0.3) is 0 Å². The van der Waals surface area contributed by atoms with E-state index in [0.717, 1.165) is 17.0 Å². The maximum absolute atomic E-state index is 13.1. The third kappa shape index (κ3) is 7.73. The molecule has 0 atom stereocenters. The summed E-state index contributed by atoms with van der Waals surface area (Å²) in [4.78, 5) is 30.6. The lowest BCUT2D eigenvalue weighted by Crippen LogP contribution is -2.39. The van der Waals surface area contributed by atoms with Gasteiger partial charge in [0, 0.05) is 12.0 Å². The molecule has 0 bridgehead atoms. The second-order valence-electron chi connectivity index (χ2n) is 9.23. The summed E-state index contributed by atoms with van der Waals surface area (Å²) >= 11 is 0. The van der Waals surface area contributed by atoms with Crippen molar-refractivity contribution < 1.29 is 14.4 Å². The van der Waals surface area contributed by atoms with Gasteiger partial charge in [0.15, 0.2) is 0 Å². The summed E-state index contributed by atoms with van der Waals surface area (Å²) in [6, 6.07) is 9.60. The van der Waals surface area contributed by atoms with E-state index in [1.165, 1.54) is 4.68 Å². The Bertz CT molecular complexity index is 1040. The zero-order valence-electron chi connectivity index (χ0n) is 20.8. The first-order valence-electron chi connectivity index (χ1n) is 11.2. The molecule has 180 valence electrons. The fraction of sp³-hybridized carbons (Fsp3) is 0.520. The first-order chi connectivity index (χ1) is 15.5. The highest BCUT2D eigenvalue weighted by Crippen LogP contribution is 2.19. The minimum Gasteiger partial charge on any atom is -0.496 e. The molecule has 8 nitrogen and oxygen atoms in total. The summed E-state index contributed by atoms with van der Waals surface area (Å²) in [5, 5.41) is 11.5. The maximum Gasteiger partial charge on any atom is 0.276 e. The Balaban J connectivity index is 2.31. The van der Waals surface area contributed by atoms with Crippen LogP contribution < -0.4 is 15.6 Å². The lowest BCUT2D eigenvalue weighted by Gasteiger charge is -2.18. The summed E-state index contributed by atoms with van der Waals surface area (Å²) < 4.78 is 6.84. The lowest BCUT2D eigenvalue weighted by atomic mass is 9.96. The first kappa shape index (κ1) is 26.1. The van der Waals surface area contributed by atoms with Gasteiger partial charge < -0.3 is 14.9 Å². The number of hydrogen-bond acceptors (Lipinski definition) is 6. The second-order valence-corrected chi connectivity index (χ2v) is 9.23. The average molecular weight is 457 g/mol. The quantitative estimate of drug-likeness (QED) is 0.437. The van der Waals surface area contributed by atoms with Gasteiger partial charge in [-0.1, -0.05) is 44.1 Å². The summed E-state index contributed by atoms with van der Waals surface area (Å²) in [6.07, 6.45) is 1.22. The van der Waals surface area contributed by atoms with Gasteiger partial charge in [-0.2, -0.15) is 5.10 Å². The number of benzene rings is 1. The van der Waals surface area contributed by atoms with Gasteiger partial charge in [-0.05, 0) is 51.3 Å². The van der Waals surface area contributed by atoms with E-state index < -0.39 is 5.41 Å². The van der Waals surface area contributed by atoms with Crippen LogP contribution in [0.15, 0.2) is 40.3 Å². The van der Waals surface area contributed by atoms with Crippen molar-refractivity contribution in [3.8, 4) is 5.75 Å². The highest BCUT2D eigenvalue weighted by Gasteiger charge is 2.20. The van der Waals surface area contributed by atoms with Crippen LogP contribution in [0, 0.1) is 5.41 Å². The lowest BCUT2D eigenvalue weighted by molar-refractivity contribution is -0.128. The van der Waals surface area contributed by atoms with E-state index in [1.807, 2.05) is 58.9 Å². The topological polar surface area (TPSA) is 94.8 Å². The van der Waals surface area contributed by atoms with Crippen LogP contribution >= 0.6 is 0 Å². The minimum atomic E-state index is -0.502. The molecule has 0 fully saturated rings. The molecular formula is C25H36N4O4. The van der Waals surface area contributed by atoms with Crippen molar-refractivity contribution in [3.63, 3.8) is 0 Å². The van der Waals surface area contributed by atoms with Gasteiger partial charge in [0.05, 0.1) is 30.6 Å². The molecule has 0 aliphatic rings. The predicted octanol–water partition coefficient (Wildman–Crippen LogP) is 3.35. The highest BCUT2D eigenvalue weighted by atomic mass is 16.6. The van der Waals surface area contributed by atoms with Crippen LogP contribution in [0.1, 0.15) is 58.4 Å². The molecule has 0 radical (unpaired) electrons. The molecule has 0 aliphatic heterocycles. The van der Waals surface area contributed by atoms with Crippen molar-refractivity contribution in [2.45, 2.75) is 67.0 Å². The smallest absolute Gasteiger partial charge is 0.276 e. The molecule has 1 aromatic carbocycles. The number of ether oxygens (including phenoxy) is 1. The highest BCUT2D eigenvalue weighted by molar-refractivity contribution is 5.98. The number of carbonyl (C=O) groups is 1. The molecule has 0 saturated heterocycles. The molecule has 1 N–H and O–H groups in total.